The molecule has 0 radical (unpaired) electrons. The molecule has 98 valence electrons. The third-order valence-electron chi connectivity index (χ3n) is 2.31. The second-order valence-corrected chi connectivity index (χ2v) is 6.12. The molecule has 0 heterocycles. The highest BCUT2D eigenvalue weighted by molar-refractivity contribution is 8.06. The minimum atomic E-state index is 0.693. The van der Waals surface area contributed by atoms with Crippen molar-refractivity contribution in [3.63, 3.8) is 0 Å². The molecule has 0 aliphatic heterocycles. The van der Waals surface area contributed by atoms with Crippen LogP contribution in [0.25, 0.3) is 0 Å². The van der Waals surface area contributed by atoms with Gasteiger partial charge in [0.25, 0.3) is 0 Å². The second kappa shape index (κ2) is 7.55. The zero-order chi connectivity index (χ0) is 13.5. The normalized spacial score (nSPS) is 10.2. The summed E-state index contributed by atoms with van der Waals surface area (Å²) in [5.41, 5.74) is 1.07. The molecule has 1 aromatic carbocycles. The van der Waals surface area contributed by atoms with Crippen LogP contribution < -0.4 is 4.74 Å². The van der Waals surface area contributed by atoms with Crippen molar-refractivity contribution < 1.29 is 4.74 Å². The van der Waals surface area contributed by atoms with Crippen LogP contribution in [0.1, 0.15) is 25.3 Å². The molecule has 0 aliphatic rings. The van der Waals surface area contributed by atoms with Crippen molar-refractivity contribution in [2.24, 2.45) is 0 Å². The van der Waals surface area contributed by atoms with Gasteiger partial charge in [-0.15, -0.1) is 11.8 Å². The topological polar surface area (TPSA) is 9.23 Å². The Morgan fingerprint density at radius 1 is 1.39 bits per heavy atom. The molecule has 1 nitrogen and oxygen atoms in total. The van der Waals surface area contributed by atoms with Gasteiger partial charge in [-0.2, -0.15) is 0 Å². The molecule has 0 N–H and O–H groups in total. The minimum Gasteiger partial charge on any atom is -0.493 e. The zero-order valence-electron chi connectivity index (χ0n) is 11.0. The number of rotatable bonds is 7. The van der Waals surface area contributed by atoms with E-state index < -0.39 is 0 Å². The van der Waals surface area contributed by atoms with Crippen LogP contribution in [-0.2, 0) is 0 Å². The van der Waals surface area contributed by atoms with Crippen LogP contribution in [-0.4, -0.2) is 6.61 Å². The first-order chi connectivity index (χ1) is 8.49. The van der Waals surface area contributed by atoms with Crippen molar-refractivity contribution >= 4 is 23.4 Å². The molecular weight excluding hydrogens is 264 g/mol. The fourth-order valence-corrected chi connectivity index (χ4v) is 2.49. The highest BCUT2D eigenvalue weighted by Gasteiger charge is 2.01. The predicted molar refractivity (Wildman–Crippen MR) is 82.5 cm³/mol. The van der Waals surface area contributed by atoms with Gasteiger partial charge >= 0.3 is 0 Å². The summed E-state index contributed by atoms with van der Waals surface area (Å²) in [6, 6.07) is 5.67. The standard InChI is InChI=1S/C15H19ClOS/c1-11(2)18-13(4)6-5-9-17-15-8-7-14(16)10-12(15)3/h7-8,10H,1,4-6,9H2,2-3H3. The summed E-state index contributed by atoms with van der Waals surface area (Å²) in [6.07, 6.45) is 1.91. The zero-order valence-corrected chi connectivity index (χ0v) is 12.5. The molecule has 1 aromatic rings. The van der Waals surface area contributed by atoms with Crippen LogP contribution in [0.3, 0.4) is 0 Å². The summed E-state index contributed by atoms with van der Waals surface area (Å²) in [5, 5.41) is 0.742. The van der Waals surface area contributed by atoms with Crippen molar-refractivity contribution in [2.45, 2.75) is 26.7 Å². The van der Waals surface area contributed by atoms with Gasteiger partial charge in [0.1, 0.15) is 5.75 Å². The predicted octanol–water partition coefficient (Wildman–Crippen LogP) is 5.59. The van der Waals surface area contributed by atoms with Gasteiger partial charge in [0.2, 0.25) is 0 Å². The fourth-order valence-electron chi connectivity index (χ4n) is 1.52. The number of ether oxygens (including phenoxy) is 1. The molecular formula is C15H19ClOS. The average Bonchev–Trinajstić information content (AvgIpc) is 2.25. The van der Waals surface area contributed by atoms with E-state index in [2.05, 4.69) is 13.2 Å². The van der Waals surface area contributed by atoms with E-state index in [4.69, 9.17) is 16.3 Å². The lowest BCUT2D eigenvalue weighted by molar-refractivity contribution is 0.310. The van der Waals surface area contributed by atoms with E-state index in [1.807, 2.05) is 32.0 Å². The van der Waals surface area contributed by atoms with Crippen LogP contribution in [0.2, 0.25) is 5.02 Å². The minimum absolute atomic E-state index is 0.693. The molecule has 3 heteroatoms. The Morgan fingerprint density at radius 2 is 2.11 bits per heavy atom. The van der Waals surface area contributed by atoms with E-state index in [-0.39, 0.29) is 0 Å². The Bertz CT molecular complexity index is 440. The average molecular weight is 283 g/mol. The quantitative estimate of drug-likeness (QED) is 0.603. The number of aryl methyl sites for hydroxylation is 1. The maximum atomic E-state index is 5.89. The van der Waals surface area contributed by atoms with E-state index in [1.165, 1.54) is 0 Å². The monoisotopic (exact) mass is 282 g/mol. The van der Waals surface area contributed by atoms with Crippen molar-refractivity contribution in [3.05, 3.63) is 51.8 Å². The number of hydrogen-bond donors (Lipinski definition) is 0. The smallest absolute Gasteiger partial charge is 0.122 e. The molecule has 0 bridgehead atoms. The summed E-state index contributed by atoms with van der Waals surface area (Å²) in [6.45, 7) is 12.5. The van der Waals surface area contributed by atoms with E-state index in [0.29, 0.717) is 6.61 Å². The van der Waals surface area contributed by atoms with E-state index >= 15 is 0 Å². The van der Waals surface area contributed by atoms with E-state index in [0.717, 1.165) is 39.0 Å². The van der Waals surface area contributed by atoms with Gasteiger partial charge in [-0.3, -0.25) is 0 Å². The van der Waals surface area contributed by atoms with Gasteiger partial charge in [-0.25, -0.2) is 0 Å². The van der Waals surface area contributed by atoms with Gasteiger partial charge in [0, 0.05) is 5.02 Å². The van der Waals surface area contributed by atoms with Gasteiger partial charge < -0.3 is 4.74 Å². The van der Waals surface area contributed by atoms with E-state index in [1.54, 1.807) is 11.8 Å². The first kappa shape index (κ1) is 15.2. The Hall–Kier alpha value is -0.860. The summed E-state index contributed by atoms with van der Waals surface area (Å²) < 4.78 is 5.72. The van der Waals surface area contributed by atoms with E-state index in [9.17, 15) is 0 Å². The molecule has 0 saturated carbocycles. The first-order valence-corrected chi connectivity index (χ1v) is 7.08. The van der Waals surface area contributed by atoms with Crippen molar-refractivity contribution in [2.75, 3.05) is 6.61 Å². The first-order valence-electron chi connectivity index (χ1n) is 5.89. The van der Waals surface area contributed by atoms with Crippen LogP contribution in [0.15, 0.2) is 41.2 Å². The van der Waals surface area contributed by atoms with Crippen LogP contribution in [0, 0.1) is 6.92 Å². The molecule has 0 spiro atoms. The Balaban J connectivity index is 2.29. The third kappa shape index (κ3) is 5.65. The number of halogens is 1. The highest BCUT2D eigenvalue weighted by atomic mass is 35.5. The molecule has 0 aromatic heterocycles. The van der Waals surface area contributed by atoms with Crippen molar-refractivity contribution in [1.29, 1.82) is 0 Å². The van der Waals surface area contributed by atoms with Gasteiger partial charge in [0.05, 0.1) is 6.61 Å². The second-order valence-electron chi connectivity index (χ2n) is 4.20. The lowest BCUT2D eigenvalue weighted by atomic mass is 10.2. The third-order valence-corrected chi connectivity index (χ3v) is 3.39. The number of allylic oxidation sites excluding steroid dienone is 2. The number of benzene rings is 1. The molecule has 0 aliphatic carbocycles. The van der Waals surface area contributed by atoms with Gasteiger partial charge in [0.15, 0.2) is 0 Å². The Labute approximate surface area is 119 Å². The number of hydrogen-bond acceptors (Lipinski definition) is 2. The van der Waals surface area contributed by atoms with Crippen molar-refractivity contribution in [3.8, 4) is 5.75 Å². The maximum Gasteiger partial charge on any atom is 0.122 e. The summed E-state index contributed by atoms with van der Waals surface area (Å²) in [7, 11) is 0. The summed E-state index contributed by atoms with van der Waals surface area (Å²) in [4.78, 5) is 2.22. The maximum absolute atomic E-state index is 5.89. The SMILES string of the molecule is C=C(C)SC(=C)CCCOc1ccc(Cl)cc1C. The Kier molecular flexibility index (Phi) is 6.37. The van der Waals surface area contributed by atoms with Crippen LogP contribution in [0.4, 0.5) is 0 Å². The fraction of sp³-hybridized carbons (Fsp3) is 0.333. The lowest BCUT2D eigenvalue weighted by Crippen LogP contribution is -1.98. The van der Waals surface area contributed by atoms with Crippen molar-refractivity contribution in [1.82, 2.24) is 0 Å². The lowest BCUT2D eigenvalue weighted by Gasteiger charge is -2.10. The molecule has 0 saturated heterocycles. The molecule has 18 heavy (non-hydrogen) atoms. The largest absolute Gasteiger partial charge is 0.493 e. The molecule has 1 rings (SSSR count). The summed E-state index contributed by atoms with van der Waals surface area (Å²) in [5.74, 6) is 0.901. The molecule has 0 amide bonds. The Morgan fingerprint density at radius 3 is 2.72 bits per heavy atom. The molecule has 0 fully saturated rings. The van der Waals surface area contributed by atoms with Gasteiger partial charge in [-0.1, -0.05) is 24.8 Å². The van der Waals surface area contributed by atoms with Gasteiger partial charge in [-0.05, 0) is 60.3 Å². The molecule has 0 unspecified atom stereocenters. The number of thioether (sulfide) groups is 1. The van der Waals surface area contributed by atoms with Crippen LogP contribution >= 0.6 is 23.4 Å². The summed E-state index contributed by atoms with van der Waals surface area (Å²) >= 11 is 7.53. The molecule has 0 atom stereocenters. The van der Waals surface area contributed by atoms with Crippen LogP contribution in [0.5, 0.6) is 5.75 Å². The highest BCUT2D eigenvalue weighted by Crippen LogP contribution is 2.26.